The van der Waals surface area contributed by atoms with E-state index in [4.69, 9.17) is 16.7 Å². The van der Waals surface area contributed by atoms with Crippen molar-refractivity contribution in [2.24, 2.45) is 11.2 Å². The Morgan fingerprint density at radius 1 is 1.44 bits per heavy atom. The number of hydrogen-bond donors (Lipinski definition) is 2. The molecule has 2 N–H and O–H groups in total. The highest BCUT2D eigenvalue weighted by atomic mass is 35.5. The number of carbonyl (C=O) groups is 2. The standard InChI is InChI=1S/C10H16ClN3O4/c11-4-5-14(13-18)10(17)12-8-3-1-2-7(6-8)9(15)16/h7-8H,1-6H2,(H,12,17)(H,15,16)/t7-,8+/m1/s1. The summed E-state index contributed by atoms with van der Waals surface area (Å²) >= 11 is 5.43. The van der Waals surface area contributed by atoms with Gasteiger partial charge in [0.25, 0.3) is 0 Å². The van der Waals surface area contributed by atoms with Gasteiger partial charge in [0.05, 0.1) is 17.7 Å². The lowest BCUT2D eigenvalue weighted by atomic mass is 9.86. The number of carboxylic acids is 1. The summed E-state index contributed by atoms with van der Waals surface area (Å²) in [4.78, 5) is 32.9. The Morgan fingerprint density at radius 3 is 2.72 bits per heavy atom. The Labute approximate surface area is 109 Å². The first kappa shape index (κ1) is 14.7. The first-order valence-electron chi connectivity index (χ1n) is 5.78. The van der Waals surface area contributed by atoms with Gasteiger partial charge in [-0.3, -0.25) is 4.79 Å². The number of aliphatic carboxylic acids is 1. The molecule has 8 heteroatoms. The van der Waals surface area contributed by atoms with E-state index in [0.29, 0.717) is 24.3 Å². The summed E-state index contributed by atoms with van der Waals surface area (Å²) in [5.41, 5.74) is 0. The fourth-order valence-electron chi connectivity index (χ4n) is 2.05. The van der Waals surface area contributed by atoms with Crippen LogP contribution < -0.4 is 5.32 Å². The van der Waals surface area contributed by atoms with Crippen LogP contribution in [0.5, 0.6) is 0 Å². The van der Waals surface area contributed by atoms with Crippen LogP contribution in [0.2, 0.25) is 0 Å². The molecule has 2 atom stereocenters. The molecular weight excluding hydrogens is 262 g/mol. The van der Waals surface area contributed by atoms with Crippen LogP contribution >= 0.6 is 11.6 Å². The van der Waals surface area contributed by atoms with E-state index in [2.05, 4.69) is 10.6 Å². The van der Waals surface area contributed by atoms with Gasteiger partial charge < -0.3 is 10.4 Å². The third-order valence-electron chi connectivity index (χ3n) is 2.98. The predicted molar refractivity (Wildman–Crippen MR) is 65.1 cm³/mol. The number of alkyl halides is 1. The summed E-state index contributed by atoms with van der Waals surface area (Å²) in [5, 5.41) is 14.8. The number of amides is 2. The van der Waals surface area contributed by atoms with Crippen molar-refractivity contribution in [3.8, 4) is 0 Å². The van der Waals surface area contributed by atoms with E-state index in [0.717, 1.165) is 6.42 Å². The van der Waals surface area contributed by atoms with Crippen molar-refractivity contribution in [2.75, 3.05) is 12.4 Å². The van der Waals surface area contributed by atoms with Crippen LogP contribution in [0.1, 0.15) is 25.7 Å². The topological polar surface area (TPSA) is 99.1 Å². The van der Waals surface area contributed by atoms with Crippen LogP contribution in [-0.4, -0.2) is 40.6 Å². The largest absolute Gasteiger partial charge is 0.481 e. The highest BCUT2D eigenvalue weighted by Crippen LogP contribution is 2.24. The van der Waals surface area contributed by atoms with Crippen molar-refractivity contribution in [1.82, 2.24) is 10.3 Å². The van der Waals surface area contributed by atoms with E-state index in [9.17, 15) is 14.5 Å². The molecule has 0 unspecified atom stereocenters. The minimum absolute atomic E-state index is 0.0337. The summed E-state index contributed by atoms with van der Waals surface area (Å²) in [7, 11) is 0. The lowest BCUT2D eigenvalue weighted by Crippen LogP contribution is -2.45. The predicted octanol–water partition coefficient (Wildman–Crippen LogP) is 1.56. The van der Waals surface area contributed by atoms with Gasteiger partial charge in [-0.05, 0) is 19.3 Å². The van der Waals surface area contributed by atoms with E-state index in [1.165, 1.54) is 0 Å². The zero-order valence-electron chi connectivity index (χ0n) is 9.84. The van der Waals surface area contributed by atoms with Crippen LogP contribution in [-0.2, 0) is 4.79 Å². The molecule has 1 rings (SSSR count). The lowest BCUT2D eigenvalue weighted by molar-refractivity contribution is -0.143. The minimum Gasteiger partial charge on any atom is -0.481 e. The number of nitroso groups, excluding NO2 is 1. The summed E-state index contributed by atoms with van der Waals surface area (Å²) in [6.45, 7) is 0.0337. The molecule has 0 spiro atoms. The molecule has 1 aliphatic carbocycles. The average molecular weight is 278 g/mol. The molecule has 0 aromatic carbocycles. The molecule has 1 aliphatic rings. The van der Waals surface area contributed by atoms with Crippen molar-refractivity contribution in [3.05, 3.63) is 4.91 Å². The molecule has 1 fully saturated rings. The zero-order valence-corrected chi connectivity index (χ0v) is 10.6. The fourth-order valence-corrected chi connectivity index (χ4v) is 2.21. The number of hydrogen-bond acceptors (Lipinski definition) is 4. The van der Waals surface area contributed by atoms with Crippen LogP contribution in [0.25, 0.3) is 0 Å². The molecular formula is C10H16ClN3O4. The van der Waals surface area contributed by atoms with Crippen LogP contribution in [0, 0.1) is 10.8 Å². The Hall–Kier alpha value is -1.37. The van der Waals surface area contributed by atoms with Gasteiger partial charge >= 0.3 is 12.0 Å². The van der Waals surface area contributed by atoms with Crippen LogP contribution in [0.15, 0.2) is 5.29 Å². The average Bonchev–Trinajstić information content (AvgIpc) is 2.36. The molecule has 102 valence electrons. The second-order valence-electron chi connectivity index (χ2n) is 4.24. The van der Waals surface area contributed by atoms with Crippen molar-refractivity contribution < 1.29 is 14.7 Å². The lowest BCUT2D eigenvalue weighted by Gasteiger charge is -2.28. The van der Waals surface area contributed by atoms with E-state index < -0.39 is 17.9 Å². The smallest absolute Gasteiger partial charge is 0.340 e. The number of carbonyl (C=O) groups excluding carboxylic acids is 1. The zero-order chi connectivity index (χ0) is 13.5. The van der Waals surface area contributed by atoms with Gasteiger partial charge in [0.15, 0.2) is 0 Å². The number of halogens is 1. The van der Waals surface area contributed by atoms with Gasteiger partial charge in [-0.2, -0.15) is 5.01 Å². The Bertz CT molecular complexity index is 326. The van der Waals surface area contributed by atoms with Crippen LogP contribution in [0.3, 0.4) is 0 Å². The number of rotatable bonds is 5. The van der Waals surface area contributed by atoms with Crippen LogP contribution in [0.4, 0.5) is 4.79 Å². The van der Waals surface area contributed by atoms with Crippen molar-refractivity contribution >= 4 is 23.6 Å². The van der Waals surface area contributed by atoms with Gasteiger partial charge in [0.2, 0.25) is 0 Å². The second kappa shape index (κ2) is 7.15. The number of carboxylic acid groups (broad SMARTS) is 1. The molecule has 0 aromatic heterocycles. The third-order valence-corrected chi connectivity index (χ3v) is 3.15. The molecule has 0 saturated heterocycles. The molecule has 0 heterocycles. The summed E-state index contributed by atoms with van der Waals surface area (Å²) in [5.74, 6) is -1.17. The maximum absolute atomic E-state index is 11.6. The molecule has 0 radical (unpaired) electrons. The van der Waals surface area contributed by atoms with Gasteiger partial charge in [-0.25, -0.2) is 4.79 Å². The summed E-state index contributed by atoms with van der Waals surface area (Å²) in [6, 6.07) is -0.853. The van der Waals surface area contributed by atoms with Crippen molar-refractivity contribution in [3.63, 3.8) is 0 Å². The van der Waals surface area contributed by atoms with Gasteiger partial charge in [-0.15, -0.1) is 16.5 Å². The Balaban J connectivity index is 2.48. The third kappa shape index (κ3) is 4.14. The Kier molecular flexibility index (Phi) is 5.84. The quantitative estimate of drug-likeness (QED) is 0.452. The highest BCUT2D eigenvalue weighted by Gasteiger charge is 2.28. The SMILES string of the molecule is O=NN(CCCl)C(=O)N[C@H]1CCC[C@@H](C(=O)O)C1. The van der Waals surface area contributed by atoms with Gasteiger partial charge in [0.1, 0.15) is 0 Å². The highest BCUT2D eigenvalue weighted by molar-refractivity contribution is 6.18. The van der Waals surface area contributed by atoms with E-state index in [1.54, 1.807) is 0 Å². The summed E-state index contributed by atoms with van der Waals surface area (Å²) < 4.78 is 0. The maximum Gasteiger partial charge on any atom is 0.340 e. The first-order valence-corrected chi connectivity index (χ1v) is 6.32. The van der Waals surface area contributed by atoms with E-state index in [-0.39, 0.29) is 18.5 Å². The fraction of sp³-hybridized carbons (Fsp3) is 0.800. The number of urea groups is 1. The molecule has 1 saturated carbocycles. The maximum atomic E-state index is 11.6. The molecule has 0 aliphatic heterocycles. The molecule has 0 aromatic rings. The van der Waals surface area contributed by atoms with Gasteiger partial charge in [0, 0.05) is 11.9 Å². The summed E-state index contributed by atoms with van der Waals surface area (Å²) in [6.07, 6.45) is 2.46. The van der Waals surface area contributed by atoms with Crippen molar-refractivity contribution in [1.29, 1.82) is 0 Å². The van der Waals surface area contributed by atoms with Crippen molar-refractivity contribution in [2.45, 2.75) is 31.7 Å². The van der Waals surface area contributed by atoms with Gasteiger partial charge in [-0.1, -0.05) is 6.42 Å². The number of nitrogens with zero attached hydrogens (tertiary/aromatic N) is 2. The van der Waals surface area contributed by atoms with E-state index >= 15 is 0 Å². The first-order chi connectivity index (χ1) is 8.58. The normalized spacial score (nSPS) is 23.2. The molecule has 18 heavy (non-hydrogen) atoms. The minimum atomic E-state index is -0.847. The monoisotopic (exact) mass is 277 g/mol. The number of nitrogens with one attached hydrogen (secondary N) is 1. The Morgan fingerprint density at radius 2 is 2.17 bits per heavy atom. The molecule has 7 nitrogen and oxygen atoms in total. The molecule has 0 bridgehead atoms. The van der Waals surface area contributed by atoms with E-state index in [1.807, 2.05) is 0 Å². The molecule has 2 amide bonds. The second-order valence-corrected chi connectivity index (χ2v) is 4.62.